The first-order chi connectivity index (χ1) is 14.6. The summed E-state index contributed by atoms with van der Waals surface area (Å²) in [7, 11) is 0. The molecule has 0 amide bonds. The van der Waals surface area contributed by atoms with Gasteiger partial charge in [-0.2, -0.15) is 0 Å². The standard InChI is InChI=1S/C30H52O/c1-8-31-28(5)18-19-29(6)23(20-28)12-13-24-26-15-14-25(22(4)11-9-10-21(2)3)30(26,7)17-16-27(24)29/h12,21-22,24-27H,8-11,13-20H2,1-7H3/t22-,24-,25+,26-,27-,28+,29-,30+/m0/s1. The molecule has 0 aromatic carbocycles. The van der Waals surface area contributed by atoms with Crippen molar-refractivity contribution in [3.8, 4) is 0 Å². The minimum atomic E-state index is 0.0833. The average molecular weight is 429 g/mol. The van der Waals surface area contributed by atoms with E-state index >= 15 is 0 Å². The van der Waals surface area contributed by atoms with Crippen LogP contribution in [0.3, 0.4) is 0 Å². The fourth-order valence-corrected chi connectivity index (χ4v) is 9.29. The zero-order chi connectivity index (χ0) is 22.4. The second-order valence-corrected chi connectivity index (χ2v) is 13.3. The summed E-state index contributed by atoms with van der Waals surface area (Å²) in [6.45, 7) is 18.1. The van der Waals surface area contributed by atoms with Gasteiger partial charge in [0.05, 0.1) is 5.60 Å². The van der Waals surface area contributed by atoms with E-state index in [1.165, 1.54) is 70.6 Å². The summed E-state index contributed by atoms with van der Waals surface area (Å²) in [6, 6.07) is 0. The fourth-order valence-electron chi connectivity index (χ4n) is 9.29. The third kappa shape index (κ3) is 4.20. The molecule has 0 aromatic heterocycles. The minimum absolute atomic E-state index is 0.0833. The van der Waals surface area contributed by atoms with Crippen molar-refractivity contribution in [2.24, 2.45) is 46.3 Å². The van der Waals surface area contributed by atoms with Gasteiger partial charge in [0.15, 0.2) is 0 Å². The van der Waals surface area contributed by atoms with Crippen LogP contribution in [0.25, 0.3) is 0 Å². The van der Waals surface area contributed by atoms with Gasteiger partial charge in [-0.25, -0.2) is 0 Å². The van der Waals surface area contributed by atoms with E-state index in [2.05, 4.69) is 54.5 Å². The predicted octanol–water partition coefficient (Wildman–Crippen LogP) is 8.82. The van der Waals surface area contributed by atoms with Crippen LogP contribution in [0.2, 0.25) is 0 Å². The SMILES string of the molecule is CCO[C@]1(C)CC[C@@]2(C)C(=CC[C@H]3[C@@H]4CC[C@H]([C@@H](C)CCCC(C)C)[C@@]4(C)CC[C@@H]32)C1. The van der Waals surface area contributed by atoms with E-state index in [4.69, 9.17) is 4.74 Å². The van der Waals surface area contributed by atoms with Crippen molar-refractivity contribution in [1.29, 1.82) is 0 Å². The molecule has 1 nitrogen and oxygen atoms in total. The van der Waals surface area contributed by atoms with Crippen LogP contribution < -0.4 is 0 Å². The number of allylic oxidation sites excluding steroid dienone is 1. The lowest BCUT2D eigenvalue weighted by Gasteiger charge is -2.59. The van der Waals surface area contributed by atoms with Crippen LogP contribution in [0.15, 0.2) is 11.6 Å². The molecule has 0 aliphatic heterocycles. The number of hydrogen-bond acceptors (Lipinski definition) is 1. The second kappa shape index (κ2) is 8.81. The lowest BCUT2D eigenvalue weighted by molar-refractivity contribution is -0.0904. The smallest absolute Gasteiger partial charge is 0.0691 e. The van der Waals surface area contributed by atoms with Crippen LogP contribution in [0.5, 0.6) is 0 Å². The molecule has 8 atom stereocenters. The Morgan fingerprint density at radius 3 is 2.45 bits per heavy atom. The Bertz CT molecular complexity index is 663. The summed E-state index contributed by atoms with van der Waals surface area (Å²) in [5.74, 6) is 5.58. The highest BCUT2D eigenvalue weighted by Gasteiger charge is 2.59. The summed E-state index contributed by atoms with van der Waals surface area (Å²) in [5, 5.41) is 0. The molecule has 31 heavy (non-hydrogen) atoms. The van der Waals surface area contributed by atoms with E-state index in [-0.39, 0.29) is 5.60 Å². The molecule has 0 radical (unpaired) electrons. The van der Waals surface area contributed by atoms with Crippen molar-refractivity contribution in [1.82, 2.24) is 0 Å². The number of fused-ring (bicyclic) bond motifs is 5. The van der Waals surface area contributed by atoms with Crippen LogP contribution in [0, 0.1) is 46.3 Å². The Morgan fingerprint density at radius 2 is 1.74 bits per heavy atom. The molecule has 0 aromatic rings. The van der Waals surface area contributed by atoms with E-state index in [1.807, 2.05) is 0 Å². The van der Waals surface area contributed by atoms with Crippen molar-refractivity contribution < 1.29 is 4.74 Å². The molecule has 0 unspecified atom stereocenters. The average Bonchev–Trinajstić information content (AvgIpc) is 3.06. The van der Waals surface area contributed by atoms with Crippen LogP contribution in [-0.4, -0.2) is 12.2 Å². The molecule has 0 spiro atoms. The van der Waals surface area contributed by atoms with Gasteiger partial charge in [0.1, 0.15) is 0 Å². The van der Waals surface area contributed by atoms with Gasteiger partial charge < -0.3 is 4.74 Å². The normalized spacial score (nSPS) is 45.6. The van der Waals surface area contributed by atoms with Crippen LogP contribution in [0.4, 0.5) is 0 Å². The van der Waals surface area contributed by atoms with E-state index in [1.54, 1.807) is 5.57 Å². The zero-order valence-corrected chi connectivity index (χ0v) is 21.9. The third-order valence-corrected chi connectivity index (χ3v) is 11.1. The highest BCUT2D eigenvalue weighted by atomic mass is 16.5. The summed E-state index contributed by atoms with van der Waals surface area (Å²) >= 11 is 0. The Kier molecular flexibility index (Phi) is 6.78. The van der Waals surface area contributed by atoms with Gasteiger partial charge in [0, 0.05) is 6.61 Å². The first kappa shape index (κ1) is 23.8. The molecule has 3 fully saturated rings. The second-order valence-electron chi connectivity index (χ2n) is 13.3. The molecule has 0 N–H and O–H groups in total. The summed E-state index contributed by atoms with van der Waals surface area (Å²) in [6.07, 6.45) is 18.1. The van der Waals surface area contributed by atoms with Crippen molar-refractivity contribution in [3.63, 3.8) is 0 Å². The van der Waals surface area contributed by atoms with E-state index in [0.29, 0.717) is 10.8 Å². The van der Waals surface area contributed by atoms with Crippen LogP contribution >= 0.6 is 0 Å². The molecule has 0 bridgehead atoms. The lowest BCUT2D eigenvalue weighted by atomic mass is 9.46. The van der Waals surface area contributed by atoms with E-state index in [0.717, 1.165) is 42.1 Å². The molecule has 4 aliphatic carbocycles. The number of hydrogen-bond donors (Lipinski definition) is 0. The summed E-state index contributed by atoms with van der Waals surface area (Å²) < 4.78 is 6.23. The van der Waals surface area contributed by atoms with E-state index in [9.17, 15) is 0 Å². The van der Waals surface area contributed by atoms with Crippen molar-refractivity contribution in [3.05, 3.63) is 11.6 Å². The molecule has 0 saturated heterocycles. The molecule has 0 heterocycles. The zero-order valence-electron chi connectivity index (χ0n) is 21.9. The summed E-state index contributed by atoms with van der Waals surface area (Å²) in [4.78, 5) is 0. The van der Waals surface area contributed by atoms with Gasteiger partial charge in [-0.3, -0.25) is 0 Å². The first-order valence-corrected chi connectivity index (χ1v) is 14.0. The molecule has 3 saturated carbocycles. The van der Waals surface area contributed by atoms with Gasteiger partial charge in [0.25, 0.3) is 0 Å². The van der Waals surface area contributed by atoms with Crippen LogP contribution in [-0.2, 0) is 4.74 Å². The highest BCUT2D eigenvalue weighted by molar-refractivity contribution is 5.27. The Morgan fingerprint density at radius 1 is 0.968 bits per heavy atom. The molecule has 178 valence electrons. The maximum Gasteiger partial charge on any atom is 0.0691 e. The highest BCUT2D eigenvalue weighted by Crippen LogP contribution is 2.67. The third-order valence-electron chi connectivity index (χ3n) is 11.1. The quantitative estimate of drug-likeness (QED) is 0.368. The molecular weight excluding hydrogens is 376 g/mol. The molecule has 4 rings (SSSR count). The molecule has 1 heteroatoms. The molecule has 4 aliphatic rings. The van der Waals surface area contributed by atoms with Crippen LogP contribution in [0.1, 0.15) is 119 Å². The summed E-state index contributed by atoms with van der Waals surface area (Å²) in [5.41, 5.74) is 2.90. The monoisotopic (exact) mass is 428 g/mol. The maximum atomic E-state index is 6.23. The van der Waals surface area contributed by atoms with Crippen molar-refractivity contribution in [2.75, 3.05) is 6.61 Å². The minimum Gasteiger partial charge on any atom is -0.375 e. The van der Waals surface area contributed by atoms with Gasteiger partial charge in [-0.1, -0.05) is 65.5 Å². The van der Waals surface area contributed by atoms with Gasteiger partial charge in [-0.05, 0) is 112 Å². The van der Waals surface area contributed by atoms with Gasteiger partial charge >= 0.3 is 0 Å². The number of rotatable bonds is 7. The van der Waals surface area contributed by atoms with Gasteiger partial charge in [-0.15, -0.1) is 0 Å². The van der Waals surface area contributed by atoms with Crippen molar-refractivity contribution in [2.45, 2.75) is 125 Å². The fraction of sp³-hybridized carbons (Fsp3) is 0.933. The van der Waals surface area contributed by atoms with E-state index < -0.39 is 0 Å². The Hall–Kier alpha value is -0.300. The number of ether oxygens (including phenoxy) is 1. The Labute approximate surface area is 194 Å². The Balaban J connectivity index is 1.49. The van der Waals surface area contributed by atoms with Crippen molar-refractivity contribution >= 4 is 0 Å². The maximum absolute atomic E-state index is 6.23. The lowest BCUT2D eigenvalue weighted by Crippen LogP contribution is -2.52. The predicted molar refractivity (Wildman–Crippen MR) is 133 cm³/mol. The largest absolute Gasteiger partial charge is 0.375 e. The topological polar surface area (TPSA) is 9.23 Å². The first-order valence-electron chi connectivity index (χ1n) is 14.0. The van der Waals surface area contributed by atoms with Gasteiger partial charge in [0.2, 0.25) is 0 Å². The molecular formula is C30H52O.